The van der Waals surface area contributed by atoms with Crippen molar-refractivity contribution in [3.63, 3.8) is 0 Å². The van der Waals surface area contributed by atoms with Gasteiger partial charge in [-0.2, -0.15) is 4.37 Å². The van der Waals surface area contributed by atoms with Gasteiger partial charge >= 0.3 is 0 Å². The Labute approximate surface area is 94.7 Å². The Morgan fingerprint density at radius 3 is 2.73 bits per heavy atom. The summed E-state index contributed by atoms with van der Waals surface area (Å²) in [6.07, 6.45) is 0. The smallest absolute Gasteiger partial charge is 0.150 e. The third-order valence-corrected chi connectivity index (χ3v) is 3.40. The van der Waals surface area contributed by atoms with Crippen LogP contribution in [0, 0.1) is 6.92 Å². The van der Waals surface area contributed by atoms with Crippen LogP contribution in [0.25, 0.3) is 10.1 Å². The highest BCUT2D eigenvalue weighted by Crippen LogP contribution is 2.29. The average Bonchev–Trinajstić information content (AvgIpc) is 2.64. The second kappa shape index (κ2) is 4.19. The molecule has 0 fully saturated rings. The first kappa shape index (κ1) is 10.4. The molecule has 0 saturated heterocycles. The highest BCUT2D eigenvalue weighted by atomic mass is 32.1. The molecule has 1 radical (unpaired) electrons. The minimum Gasteiger partial charge on any atom is -0.356 e. The van der Waals surface area contributed by atoms with E-state index in [9.17, 15) is 0 Å². The fourth-order valence-electron chi connectivity index (χ4n) is 1.72. The van der Waals surface area contributed by atoms with E-state index in [1.165, 1.54) is 10.1 Å². The molecule has 0 atom stereocenters. The summed E-state index contributed by atoms with van der Waals surface area (Å²) >= 11 is 1.56. The summed E-state index contributed by atoms with van der Waals surface area (Å²) in [6.45, 7) is 10.3. The van der Waals surface area contributed by atoms with Gasteiger partial charge in [0.1, 0.15) is 5.82 Å². The van der Waals surface area contributed by atoms with Crippen LogP contribution in [-0.4, -0.2) is 17.5 Å². The van der Waals surface area contributed by atoms with Crippen LogP contribution in [0.15, 0.2) is 18.2 Å². The summed E-state index contributed by atoms with van der Waals surface area (Å²) in [5, 5.41) is 1.23. The maximum atomic E-state index is 4.52. The predicted octanol–water partition coefficient (Wildman–Crippen LogP) is 3.32. The molecule has 2 nitrogen and oxygen atoms in total. The Kier molecular flexibility index (Phi) is 2.91. The Morgan fingerprint density at radius 1 is 1.33 bits per heavy atom. The van der Waals surface area contributed by atoms with Crippen LogP contribution in [0.4, 0.5) is 5.82 Å². The first-order valence-electron chi connectivity index (χ1n) is 5.22. The molecule has 1 heterocycles. The summed E-state index contributed by atoms with van der Waals surface area (Å²) < 4.78 is 5.76. The molecule has 0 amide bonds. The van der Waals surface area contributed by atoms with Gasteiger partial charge in [0.25, 0.3) is 0 Å². The summed E-state index contributed by atoms with van der Waals surface area (Å²) in [7, 11) is 0. The molecule has 0 N–H and O–H groups in total. The van der Waals surface area contributed by atoms with E-state index >= 15 is 0 Å². The van der Waals surface area contributed by atoms with Gasteiger partial charge in [0, 0.05) is 18.5 Å². The van der Waals surface area contributed by atoms with Crippen molar-refractivity contribution in [2.45, 2.75) is 13.8 Å². The number of benzene rings is 1. The number of nitrogens with zero attached hydrogens (tertiary/aromatic N) is 2. The van der Waals surface area contributed by atoms with Crippen LogP contribution >= 0.6 is 11.5 Å². The first-order valence-corrected chi connectivity index (χ1v) is 6.00. The Hall–Kier alpha value is -1.09. The van der Waals surface area contributed by atoms with Crippen LogP contribution in [0.3, 0.4) is 0 Å². The van der Waals surface area contributed by atoms with E-state index in [2.05, 4.69) is 42.2 Å². The van der Waals surface area contributed by atoms with Gasteiger partial charge in [0.15, 0.2) is 0 Å². The van der Waals surface area contributed by atoms with E-state index in [1.807, 2.05) is 6.07 Å². The Balaban J connectivity index is 2.55. The highest BCUT2D eigenvalue weighted by Gasteiger charge is 2.10. The van der Waals surface area contributed by atoms with Gasteiger partial charge in [-0.15, -0.1) is 0 Å². The van der Waals surface area contributed by atoms with E-state index in [-0.39, 0.29) is 0 Å². The minimum atomic E-state index is 0.997. The first-order chi connectivity index (χ1) is 7.26. The van der Waals surface area contributed by atoms with Crippen molar-refractivity contribution in [3.8, 4) is 0 Å². The Bertz CT molecular complexity index is 458. The SMILES string of the molecule is [CH2]c1ccc2snc(N(CC)CC)c2c1. The molecule has 2 aromatic rings. The van der Waals surface area contributed by atoms with Crippen molar-refractivity contribution in [2.24, 2.45) is 0 Å². The molecule has 0 spiro atoms. The monoisotopic (exact) mass is 219 g/mol. The second-order valence-electron chi connectivity index (χ2n) is 3.51. The lowest BCUT2D eigenvalue weighted by Gasteiger charge is -2.18. The van der Waals surface area contributed by atoms with E-state index in [0.717, 1.165) is 24.5 Å². The zero-order valence-electron chi connectivity index (χ0n) is 9.16. The molecule has 0 saturated carbocycles. The van der Waals surface area contributed by atoms with E-state index in [4.69, 9.17) is 0 Å². The van der Waals surface area contributed by atoms with Crippen molar-refractivity contribution in [1.82, 2.24) is 4.37 Å². The lowest BCUT2D eigenvalue weighted by atomic mass is 10.2. The molecule has 3 heteroatoms. The molecule has 0 unspecified atom stereocenters. The van der Waals surface area contributed by atoms with Crippen LogP contribution in [-0.2, 0) is 0 Å². The van der Waals surface area contributed by atoms with E-state index in [1.54, 1.807) is 11.5 Å². The van der Waals surface area contributed by atoms with E-state index < -0.39 is 0 Å². The van der Waals surface area contributed by atoms with Gasteiger partial charge in [-0.05, 0) is 50.0 Å². The summed E-state index contributed by atoms with van der Waals surface area (Å²) in [5.74, 6) is 1.10. The summed E-state index contributed by atoms with van der Waals surface area (Å²) in [4.78, 5) is 2.28. The standard InChI is InChI=1S/C12H15N2S/c1-4-14(5-2)12-10-8-9(3)6-7-11(10)15-13-12/h6-8H,3-5H2,1-2H3. The van der Waals surface area contributed by atoms with Crippen LogP contribution in [0.1, 0.15) is 19.4 Å². The average molecular weight is 219 g/mol. The number of hydrogen-bond acceptors (Lipinski definition) is 3. The quantitative estimate of drug-likeness (QED) is 0.787. The summed E-state index contributed by atoms with van der Waals surface area (Å²) in [5.41, 5.74) is 1.05. The largest absolute Gasteiger partial charge is 0.356 e. The molecular formula is C12H15N2S. The number of aromatic nitrogens is 1. The topological polar surface area (TPSA) is 16.1 Å². The fraction of sp³-hybridized carbons (Fsp3) is 0.333. The van der Waals surface area contributed by atoms with Gasteiger partial charge in [-0.3, -0.25) is 0 Å². The van der Waals surface area contributed by atoms with Crippen molar-refractivity contribution in [3.05, 3.63) is 30.7 Å². The number of rotatable bonds is 3. The third-order valence-electron chi connectivity index (χ3n) is 2.58. The number of anilines is 1. The second-order valence-corrected chi connectivity index (χ2v) is 4.31. The van der Waals surface area contributed by atoms with Crippen molar-refractivity contribution < 1.29 is 0 Å². The molecule has 2 rings (SSSR count). The molecule has 0 bridgehead atoms. The molecule has 1 aromatic heterocycles. The lowest BCUT2D eigenvalue weighted by Crippen LogP contribution is -2.22. The van der Waals surface area contributed by atoms with Crippen molar-refractivity contribution in [1.29, 1.82) is 0 Å². The third kappa shape index (κ3) is 1.84. The van der Waals surface area contributed by atoms with E-state index in [0.29, 0.717) is 0 Å². The zero-order chi connectivity index (χ0) is 10.8. The number of fused-ring (bicyclic) bond motifs is 1. The zero-order valence-corrected chi connectivity index (χ0v) is 9.97. The van der Waals surface area contributed by atoms with Gasteiger partial charge in [0.2, 0.25) is 0 Å². The van der Waals surface area contributed by atoms with Gasteiger partial charge in [-0.1, -0.05) is 6.07 Å². The molecular weight excluding hydrogens is 204 g/mol. The van der Waals surface area contributed by atoms with Gasteiger partial charge in [-0.25, -0.2) is 0 Å². The molecule has 0 aliphatic heterocycles. The summed E-state index contributed by atoms with van der Waals surface area (Å²) in [6, 6.07) is 6.25. The minimum absolute atomic E-state index is 0.997. The highest BCUT2D eigenvalue weighted by molar-refractivity contribution is 7.13. The van der Waals surface area contributed by atoms with Crippen molar-refractivity contribution >= 4 is 27.4 Å². The van der Waals surface area contributed by atoms with Crippen LogP contribution < -0.4 is 4.90 Å². The maximum Gasteiger partial charge on any atom is 0.150 e. The molecule has 0 aliphatic rings. The molecule has 0 aliphatic carbocycles. The predicted molar refractivity (Wildman–Crippen MR) is 67.6 cm³/mol. The molecule has 79 valence electrons. The number of hydrogen-bond donors (Lipinski definition) is 0. The van der Waals surface area contributed by atoms with Crippen LogP contribution in [0.5, 0.6) is 0 Å². The Morgan fingerprint density at radius 2 is 2.07 bits per heavy atom. The van der Waals surface area contributed by atoms with Gasteiger partial charge < -0.3 is 4.90 Å². The maximum absolute atomic E-state index is 4.52. The van der Waals surface area contributed by atoms with Crippen LogP contribution in [0.2, 0.25) is 0 Å². The lowest BCUT2D eigenvalue weighted by molar-refractivity contribution is 0.859. The fourth-order valence-corrected chi connectivity index (χ4v) is 2.50. The normalized spacial score (nSPS) is 10.9. The molecule has 1 aromatic carbocycles. The van der Waals surface area contributed by atoms with Crippen molar-refractivity contribution in [2.75, 3.05) is 18.0 Å². The molecule has 15 heavy (non-hydrogen) atoms. The van der Waals surface area contributed by atoms with Gasteiger partial charge in [0.05, 0.1) is 4.70 Å².